The van der Waals surface area contributed by atoms with Gasteiger partial charge in [0.1, 0.15) is 13.2 Å². The topological polar surface area (TPSA) is 78.9 Å². The number of allylic oxidation sites excluding steroid dienone is 20. The zero-order valence-electron chi connectivity index (χ0n) is 45.9. The summed E-state index contributed by atoms with van der Waals surface area (Å²) in [6.07, 6.45) is 80.7. The quantitative estimate of drug-likeness (QED) is 0.0261. The van der Waals surface area contributed by atoms with Crippen LogP contribution < -0.4 is 0 Å². The highest BCUT2D eigenvalue weighted by Crippen LogP contribution is 2.15. The third-order valence-corrected chi connectivity index (χ3v) is 12.0. The maximum absolute atomic E-state index is 12.8. The normalized spacial score (nSPS) is 13.0. The van der Waals surface area contributed by atoms with Gasteiger partial charge in [0.25, 0.3) is 0 Å². The van der Waals surface area contributed by atoms with Crippen LogP contribution >= 0.6 is 0 Å². The molecule has 0 aromatic rings. The molecular weight excluding hydrogens is 877 g/mol. The number of unbranched alkanes of at least 4 members (excludes halogenated alkanes) is 20. The summed E-state index contributed by atoms with van der Waals surface area (Å²) in [5.41, 5.74) is 0. The molecule has 6 heteroatoms. The lowest BCUT2D eigenvalue weighted by molar-refractivity contribution is -0.167. The molecule has 0 saturated heterocycles. The Balaban J connectivity index is 4.23. The third kappa shape index (κ3) is 56.6. The monoisotopic (exact) mass is 983 g/mol. The van der Waals surface area contributed by atoms with E-state index in [-0.39, 0.29) is 37.5 Å². The molecule has 6 nitrogen and oxygen atoms in total. The summed E-state index contributed by atoms with van der Waals surface area (Å²) in [4.78, 5) is 38.0. The Labute approximate surface area is 437 Å². The van der Waals surface area contributed by atoms with Gasteiger partial charge in [-0.25, -0.2) is 0 Å². The number of carbonyl (C=O) groups excluding carboxylic acids is 3. The molecule has 0 aliphatic heterocycles. The Morgan fingerprint density at radius 3 is 0.873 bits per heavy atom. The Hall–Kier alpha value is -4.19. The van der Waals surface area contributed by atoms with Crippen LogP contribution in [-0.4, -0.2) is 37.2 Å². The van der Waals surface area contributed by atoms with Gasteiger partial charge in [0, 0.05) is 19.3 Å². The van der Waals surface area contributed by atoms with E-state index in [4.69, 9.17) is 14.2 Å². The van der Waals surface area contributed by atoms with Crippen molar-refractivity contribution in [3.63, 3.8) is 0 Å². The minimum absolute atomic E-state index is 0.0937. The number of hydrogen-bond acceptors (Lipinski definition) is 6. The van der Waals surface area contributed by atoms with Gasteiger partial charge in [0.15, 0.2) is 6.10 Å². The summed E-state index contributed by atoms with van der Waals surface area (Å²) in [5, 5.41) is 0. The summed E-state index contributed by atoms with van der Waals surface area (Å²) >= 11 is 0. The van der Waals surface area contributed by atoms with E-state index < -0.39 is 6.10 Å². The van der Waals surface area contributed by atoms with E-state index in [0.29, 0.717) is 12.8 Å². The molecule has 1 atom stereocenters. The highest BCUT2D eigenvalue weighted by atomic mass is 16.6. The lowest BCUT2D eigenvalue weighted by Crippen LogP contribution is -2.30. The van der Waals surface area contributed by atoms with Crippen molar-refractivity contribution in [3.05, 3.63) is 122 Å². The van der Waals surface area contributed by atoms with Crippen molar-refractivity contribution < 1.29 is 28.6 Å². The van der Waals surface area contributed by atoms with Crippen LogP contribution in [0.15, 0.2) is 122 Å². The Morgan fingerprint density at radius 2 is 0.549 bits per heavy atom. The van der Waals surface area contributed by atoms with Crippen LogP contribution in [0.4, 0.5) is 0 Å². The van der Waals surface area contributed by atoms with Gasteiger partial charge in [-0.05, 0) is 109 Å². The zero-order valence-corrected chi connectivity index (χ0v) is 45.9. The van der Waals surface area contributed by atoms with Crippen molar-refractivity contribution in [1.82, 2.24) is 0 Å². The summed E-state index contributed by atoms with van der Waals surface area (Å²) in [5.74, 6) is -0.938. The third-order valence-electron chi connectivity index (χ3n) is 12.0. The van der Waals surface area contributed by atoms with Crippen molar-refractivity contribution in [2.24, 2.45) is 0 Å². The van der Waals surface area contributed by atoms with Crippen LogP contribution in [0.5, 0.6) is 0 Å². The molecule has 0 aliphatic rings. The number of hydrogen-bond donors (Lipinski definition) is 0. The van der Waals surface area contributed by atoms with Gasteiger partial charge in [0.2, 0.25) is 0 Å². The maximum Gasteiger partial charge on any atom is 0.306 e. The molecule has 0 bridgehead atoms. The van der Waals surface area contributed by atoms with Crippen LogP contribution in [0.25, 0.3) is 0 Å². The molecule has 0 rings (SSSR count). The summed E-state index contributed by atoms with van der Waals surface area (Å²) < 4.78 is 16.8. The fourth-order valence-corrected chi connectivity index (χ4v) is 7.67. The second kappa shape index (κ2) is 58.4. The molecule has 0 aromatic carbocycles. The predicted molar refractivity (Wildman–Crippen MR) is 306 cm³/mol. The average molecular weight is 984 g/mol. The van der Waals surface area contributed by atoms with Gasteiger partial charge < -0.3 is 14.2 Å². The SMILES string of the molecule is CC/C=C\C/C=C\C/C=C\C/C=C\C/C=C\CCCCCCCCCCCCCC(=O)OCC(COC(=O)CCCCCCCCC)OC(=O)CCCCC/C=C\C/C=C\C/C=C\C/C=C\C/C=C\CC. The molecule has 0 heterocycles. The number of carbonyl (C=O) groups is 3. The molecule has 0 radical (unpaired) electrons. The first-order chi connectivity index (χ1) is 35.0. The van der Waals surface area contributed by atoms with Gasteiger partial charge in [-0.15, -0.1) is 0 Å². The van der Waals surface area contributed by atoms with Gasteiger partial charge in [-0.1, -0.05) is 245 Å². The smallest absolute Gasteiger partial charge is 0.306 e. The molecule has 0 saturated carbocycles. The van der Waals surface area contributed by atoms with Gasteiger partial charge in [-0.2, -0.15) is 0 Å². The van der Waals surface area contributed by atoms with E-state index in [1.165, 1.54) is 83.5 Å². The second-order valence-corrected chi connectivity index (χ2v) is 18.8. The minimum Gasteiger partial charge on any atom is -0.462 e. The van der Waals surface area contributed by atoms with Gasteiger partial charge in [0.05, 0.1) is 0 Å². The second-order valence-electron chi connectivity index (χ2n) is 18.8. The fraction of sp³-hybridized carbons (Fsp3) is 0.646. The maximum atomic E-state index is 12.8. The van der Waals surface area contributed by atoms with Crippen molar-refractivity contribution >= 4 is 17.9 Å². The number of rotatable bonds is 51. The Kier molecular flexibility index (Phi) is 54.9. The van der Waals surface area contributed by atoms with Crippen molar-refractivity contribution in [1.29, 1.82) is 0 Å². The van der Waals surface area contributed by atoms with E-state index in [1.807, 2.05) is 0 Å². The zero-order chi connectivity index (χ0) is 51.4. The highest BCUT2D eigenvalue weighted by Gasteiger charge is 2.19. The molecule has 0 aliphatic carbocycles. The molecule has 1 unspecified atom stereocenters. The molecule has 0 spiro atoms. The van der Waals surface area contributed by atoms with Crippen LogP contribution in [-0.2, 0) is 28.6 Å². The van der Waals surface area contributed by atoms with Crippen molar-refractivity contribution in [3.8, 4) is 0 Å². The highest BCUT2D eigenvalue weighted by molar-refractivity contribution is 5.71. The van der Waals surface area contributed by atoms with Crippen LogP contribution in [0, 0.1) is 0 Å². The summed E-state index contributed by atoms with van der Waals surface area (Å²) in [7, 11) is 0. The predicted octanol–water partition coefficient (Wildman–Crippen LogP) is 19.6. The summed E-state index contributed by atoms with van der Waals surface area (Å²) in [6, 6.07) is 0. The Bertz CT molecular complexity index is 1500. The van der Waals surface area contributed by atoms with E-state index >= 15 is 0 Å². The number of esters is 3. The molecule has 0 N–H and O–H groups in total. The van der Waals surface area contributed by atoms with E-state index in [2.05, 4.69) is 142 Å². The standard InChI is InChI=1S/C65H106O6/c1-4-7-10-13-16-18-20-22-24-26-28-29-30-31-32-33-34-35-37-38-40-42-44-46-49-52-55-58-64(67)70-61-62(60-69-63(66)57-54-51-48-15-12-9-6-3)71-65(68)59-56-53-50-47-45-43-41-39-36-27-25-23-21-19-17-14-11-8-5-2/h7-8,10-11,16-19,22-25,28-29,31-32,36,39,43,45,62H,4-6,9,12-15,20-21,26-27,30,33-35,37-38,40-42,44,46-61H2,1-3H3/b10-7-,11-8-,18-16-,19-17-,24-22-,25-23-,29-28-,32-31-,39-36-,45-43-. The van der Waals surface area contributed by atoms with Crippen LogP contribution in [0.1, 0.15) is 252 Å². The lowest BCUT2D eigenvalue weighted by atomic mass is 10.0. The van der Waals surface area contributed by atoms with Gasteiger partial charge in [-0.3, -0.25) is 14.4 Å². The Morgan fingerprint density at radius 1 is 0.296 bits per heavy atom. The van der Waals surface area contributed by atoms with E-state index in [1.54, 1.807) is 0 Å². The fourth-order valence-electron chi connectivity index (χ4n) is 7.67. The minimum atomic E-state index is -0.797. The van der Waals surface area contributed by atoms with E-state index in [0.717, 1.165) is 128 Å². The van der Waals surface area contributed by atoms with Crippen molar-refractivity contribution in [2.45, 2.75) is 258 Å². The molecule has 0 amide bonds. The van der Waals surface area contributed by atoms with Gasteiger partial charge >= 0.3 is 17.9 Å². The van der Waals surface area contributed by atoms with Crippen molar-refractivity contribution in [2.75, 3.05) is 13.2 Å². The largest absolute Gasteiger partial charge is 0.462 e. The molecular formula is C65H106O6. The van der Waals surface area contributed by atoms with E-state index in [9.17, 15) is 14.4 Å². The molecule has 0 fully saturated rings. The number of ether oxygens (including phenoxy) is 3. The van der Waals surface area contributed by atoms with Crippen LogP contribution in [0.3, 0.4) is 0 Å². The first-order valence-electron chi connectivity index (χ1n) is 29.0. The molecule has 402 valence electrons. The molecule has 71 heavy (non-hydrogen) atoms. The molecule has 0 aromatic heterocycles. The summed E-state index contributed by atoms with van der Waals surface area (Å²) in [6.45, 7) is 6.34. The average Bonchev–Trinajstić information content (AvgIpc) is 3.37. The first-order valence-corrected chi connectivity index (χ1v) is 29.0. The van der Waals surface area contributed by atoms with Crippen LogP contribution in [0.2, 0.25) is 0 Å². The lowest BCUT2D eigenvalue weighted by Gasteiger charge is -2.18. The first kappa shape index (κ1) is 66.8.